The number of ether oxygens (including phenoxy) is 2. The summed E-state index contributed by atoms with van der Waals surface area (Å²) in [5.74, 6) is 1.30. The maximum absolute atomic E-state index is 12.5. The largest absolute Gasteiger partial charge is 0.496 e. The fourth-order valence-electron chi connectivity index (χ4n) is 2.36. The lowest BCUT2D eigenvalue weighted by molar-refractivity contribution is 0.0939. The lowest BCUT2D eigenvalue weighted by atomic mass is 10.0. The van der Waals surface area contributed by atoms with Gasteiger partial charge < -0.3 is 14.8 Å². The van der Waals surface area contributed by atoms with Gasteiger partial charge >= 0.3 is 0 Å². The predicted molar refractivity (Wildman–Crippen MR) is 94.3 cm³/mol. The van der Waals surface area contributed by atoms with Crippen LogP contribution in [0.4, 0.5) is 0 Å². The number of carbonyl (C=O) groups excluding carboxylic acids is 1. The van der Waals surface area contributed by atoms with Crippen molar-refractivity contribution in [2.24, 2.45) is 0 Å². The molecular weight excluding hydrogens is 358 g/mol. The first kappa shape index (κ1) is 17.3. The lowest BCUT2D eigenvalue weighted by Crippen LogP contribution is -2.27. The molecule has 1 N–H and O–H groups in total. The van der Waals surface area contributed by atoms with E-state index in [1.54, 1.807) is 32.4 Å². The Labute approximate surface area is 144 Å². The molecule has 23 heavy (non-hydrogen) atoms. The first-order valence-electron chi connectivity index (χ1n) is 7.25. The van der Waals surface area contributed by atoms with E-state index < -0.39 is 0 Å². The van der Waals surface area contributed by atoms with Crippen molar-refractivity contribution in [3.05, 3.63) is 57.6 Å². The Balaban J connectivity index is 2.20. The van der Waals surface area contributed by atoms with Gasteiger partial charge in [0.05, 0.1) is 24.7 Å². The highest BCUT2D eigenvalue weighted by Gasteiger charge is 2.16. The molecule has 1 atom stereocenters. The predicted octanol–water partition coefficient (Wildman–Crippen LogP) is 4.27. The fourth-order valence-corrected chi connectivity index (χ4v) is 2.90. The van der Waals surface area contributed by atoms with E-state index in [0.29, 0.717) is 11.3 Å². The summed E-state index contributed by atoms with van der Waals surface area (Å²) in [6.07, 6.45) is 0. The van der Waals surface area contributed by atoms with Gasteiger partial charge in [0.2, 0.25) is 0 Å². The van der Waals surface area contributed by atoms with Crippen LogP contribution in [-0.4, -0.2) is 20.1 Å². The number of benzene rings is 2. The molecule has 2 aromatic carbocycles. The topological polar surface area (TPSA) is 47.6 Å². The van der Waals surface area contributed by atoms with Crippen LogP contribution >= 0.6 is 15.9 Å². The molecule has 1 amide bonds. The fraction of sp³-hybridized carbons (Fsp3) is 0.278. The molecule has 2 aromatic rings. The summed E-state index contributed by atoms with van der Waals surface area (Å²) in [5.41, 5.74) is 2.64. The molecule has 0 bridgehead atoms. The minimum atomic E-state index is -0.168. The monoisotopic (exact) mass is 377 g/mol. The Morgan fingerprint density at radius 3 is 2.35 bits per heavy atom. The van der Waals surface area contributed by atoms with Crippen LogP contribution in [0.15, 0.2) is 40.9 Å². The number of amides is 1. The van der Waals surface area contributed by atoms with E-state index in [0.717, 1.165) is 21.3 Å². The van der Waals surface area contributed by atoms with Gasteiger partial charge in [0.15, 0.2) is 0 Å². The van der Waals surface area contributed by atoms with Gasteiger partial charge in [-0.25, -0.2) is 0 Å². The molecular formula is C18H20BrNO3. The first-order valence-corrected chi connectivity index (χ1v) is 8.04. The van der Waals surface area contributed by atoms with Crippen LogP contribution in [-0.2, 0) is 0 Å². The van der Waals surface area contributed by atoms with E-state index in [9.17, 15) is 4.79 Å². The van der Waals surface area contributed by atoms with Gasteiger partial charge in [-0.2, -0.15) is 0 Å². The molecule has 0 aliphatic carbocycles. The number of carbonyl (C=O) groups is 1. The average Bonchev–Trinajstić information content (AvgIpc) is 2.54. The molecule has 5 heteroatoms. The number of hydrogen-bond acceptors (Lipinski definition) is 3. The molecule has 0 aliphatic rings. The van der Waals surface area contributed by atoms with E-state index >= 15 is 0 Å². The summed E-state index contributed by atoms with van der Waals surface area (Å²) in [7, 11) is 3.22. The van der Waals surface area contributed by atoms with E-state index in [1.807, 2.05) is 32.0 Å². The van der Waals surface area contributed by atoms with Crippen LogP contribution in [0, 0.1) is 6.92 Å². The molecule has 0 saturated carbocycles. The van der Waals surface area contributed by atoms with E-state index in [4.69, 9.17) is 9.47 Å². The van der Waals surface area contributed by atoms with Crippen molar-refractivity contribution < 1.29 is 14.3 Å². The van der Waals surface area contributed by atoms with Crippen LogP contribution in [0.5, 0.6) is 11.5 Å². The van der Waals surface area contributed by atoms with Gasteiger partial charge in [-0.05, 0) is 54.0 Å². The van der Waals surface area contributed by atoms with Crippen molar-refractivity contribution in [3.63, 3.8) is 0 Å². The van der Waals surface area contributed by atoms with Gasteiger partial charge in [0.25, 0.3) is 5.91 Å². The normalized spacial score (nSPS) is 11.7. The molecule has 0 aliphatic heterocycles. The van der Waals surface area contributed by atoms with Gasteiger partial charge in [0, 0.05) is 11.1 Å². The van der Waals surface area contributed by atoms with Crippen LogP contribution < -0.4 is 14.8 Å². The molecule has 0 radical (unpaired) electrons. The Hall–Kier alpha value is -2.01. The van der Waals surface area contributed by atoms with Crippen molar-refractivity contribution in [3.8, 4) is 11.5 Å². The molecule has 122 valence electrons. The molecule has 0 saturated heterocycles. The van der Waals surface area contributed by atoms with Gasteiger partial charge in [-0.1, -0.05) is 17.7 Å². The molecule has 2 rings (SSSR count). The third-order valence-corrected chi connectivity index (χ3v) is 4.23. The summed E-state index contributed by atoms with van der Waals surface area (Å²) >= 11 is 3.39. The van der Waals surface area contributed by atoms with Gasteiger partial charge in [-0.3, -0.25) is 4.79 Å². The number of methoxy groups -OCH3 is 2. The Kier molecular flexibility index (Phi) is 5.66. The maximum atomic E-state index is 12.5. The smallest absolute Gasteiger partial charge is 0.251 e. The second-order valence-corrected chi connectivity index (χ2v) is 6.14. The van der Waals surface area contributed by atoms with Gasteiger partial charge in [-0.15, -0.1) is 0 Å². The number of hydrogen-bond donors (Lipinski definition) is 1. The third kappa shape index (κ3) is 4.05. The van der Waals surface area contributed by atoms with Crippen molar-refractivity contribution in [1.82, 2.24) is 5.32 Å². The van der Waals surface area contributed by atoms with Crippen molar-refractivity contribution in [2.45, 2.75) is 19.9 Å². The van der Waals surface area contributed by atoms with Crippen LogP contribution in [0.3, 0.4) is 0 Å². The number of aryl methyl sites for hydroxylation is 1. The summed E-state index contributed by atoms with van der Waals surface area (Å²) in [4.78, 5) is 12.5. The zero-order valence-electron chi connectivity index (χ0n) is 13.6. The van der Waals surface area contributed by atoms with Crippen LogP contribution in [0.1, 0.15) is 34.5 Å². The second-order valence-electron chi connectivity index (χ2n) is 5.29. The van der Waals surface area contributed by atoms with Crippen molar-refractivity contribution in [2.75, 3.05) is 14.2 Å². The van der Waals surface area contributed by atoms with Gasteiger partial charge in [0.1, 0.15) is 11.5 Å². The van der Waals surface area contributed by atoms with Crippen LogP contribution in [0.25, 0.3) is 0 Å². The highest BCUT2D eigenvalue weighted by atomic mass is 79.9. The summed E-state index contributed by atoms with van der Waals surface area (Å²) < 4.78 is 11.3. The average molecular weight is 378 g/mol. The molecule has 0 fully saturated rings. The first-order chi connectivity index (χ1) is 11.0. The summed E-state index contributed by atoms with van der Waals surface area (Å²) in [5, 5.41) is 3.00. The molecule has 0 aromatic heterocycles. The minimum absolute atomic E-state index is 0.149. The molecule has 4 nitrogen and oxygen atoms in total. The summed E-state index contributed by atoms with van der Waals surface area (Å²) in [6, 6.07) is 11.0. The number of rotatable bonds is 5. The summed E-state index contributed by atoms with van der Waals surface area (Å²) in [6.45, 7) is 3.95. The molecule has 0 heterocycles. The van der Waals surface area contributed by atoms with Crippen LogP contribution in [0.2, 0.25) is 0 Å². The highest BCUT2D eigenvalue weighted by Crippen LogP contribution is 2.28. The zero-order chi connectivity index (χ0) is 17.0. The molecule has 0 spiro atoms. The highest BCUT2D eigenvalue weighted by molar-refractivity contribution is 9.10. The number of nitrogens with one attached hydrogen (secondary N) is 1. The standard InChI is InChI=1S/C18H20BrNO3/c1-11-5-7-16(22-3)14(9-11)12(2)20-18(21)13-6-8-17(23-4)15(19)10-13/h5-10,12H,1-4H3,(H,20,21)/t12-/m0/s1. The minimum Gasteiger partial charge on any atom is -0.496 e. The third-order valence-electron chi connectivity index (χ3n) is 3.61. The van der Waals surface area contributed by atoms with E-state index in [2.05, 4.69) is 21.2 Å². The Bertz CT molecular complexity index is 715. The number of halogens is 1. The Morgan fingerprint density at radius 1 is 1.09 bits per heavy atom. The molecule has 0 unspecified atom stereocenters. The van der Waals surface area contributed by atoms with Crippen molar-refractivity contribution >= 4 is 21.8 Å². The van der Waals surface area contributed by atoms with E-state index in [1.165, 1.54) is 0 Å². The zero-order valence-corrected chi connectivity index (χ0v) is 15.2. The SMILES string of the molecule is COc1ccc(C(=O)N[C@@H](C)c2cc(C)ccc2OC)cc1Br. The second kappa shape index (κ2) is 7.51. The van der Waals surface area contributed by atoms with E-state index in [-0.39, 0.29) is 11.9 Å². The lowest BCUT2D eigenvalue weighted by Gasteiger charge is -2.18. The maximum Gasteiger partial charge on any atom is 0.251 e. The van der Waals surface area contributed by atoms with Crippen molar-refractivity contribution in [1.29, 1.82) is 0 Å². The quantitative estimate of drug-likeness (QED) is 0.846. The Morgan fingerprint density at radius 2 is 1.74 bits per heavy atom.